The predicted octanol–water partition coefficient (Wildman–Crippen LogP) is 21.2. The van der Waals surface area contributed by atoms with E-state index in [2.05, 4.69) is 41.5 Å². The van der Waals surface area contributed by atoms with E-state index in [-0.39, 0.29) is 25.7 Å². The predicted molar refractivity (Wildman–Crippen MR) is 372 cm³/mol. The molecule has 0 radical (unpaired) electrons. The van der Waals surface area contributed by atoms with Crippen LogP contribution in [0.3, 0.4) is 0 Å². The van der Waals surface area contributed by atoms with Gasteiger partial charge in [-0.15, -0.1) is 0 Å². The number of aliphatic hydroxyl groups excluding tert-OH is 1. The molecule has 0 aromatic rings. The van der Waals surface area contributed by atoms with Crippen molar-refractivity contribution in [3.8, 4) is 0 Å². The van der Waals surface area contributed by atoms with Crippen molar-refractivity contribution in [2.75, 3.05) is 39.6 Å². The summed E-state index contributed by atoms with van der Waals surface area (Å²) in [7, 11) is -9.90. The summed E-state index contributed by atoms with van der Waals surface area (Å²) < 4.78 is 68.4. The van der Waals surface area contributed by atoms with Crippen LogP contribution in [0.4, 0.5) is 0 Å². The Morgan fingerprint density at radius 3 is 0.826 bits per heavy atom. The number of hydrogen-bond donors (Lipinski definition) is 3. The molecule has 0 saturated heterocycles. The number of esters is 4. The van der Waals surface area contributed by atoms with Crippen LogP contribution in [0.25, 0.3) is 0 Å². The van der Waals surface area contributed by atoms with E-state index in [1.807, 2.05) is 0 Å². The third-order valence-corrected chi connectivity index (χ3v) is 19.2. The number of phosphoric acid groups is 2. The minimum Gasteiger partial charge on any atom is -0.462 e. The van der Waals surface area contributed by atoms with E-state index in [0.29, 0.717) is 25.7 Å². The van der Waals surface area contributed by atoms with Crippen molar-refractivity contribution in [1.29, 1.82) is 0 Å². The van der Waals surface area contributed by atoms with Gasteiger partial charge >= 0.3 is 39.5 Å². The van der Waals surface area contributed by atoms with Gasteiger partial charge in [-0.05, 0) is 37.5 Å². The summed E-state index contributed by atoms with van der Waals surface area (Å²) in [6.07, 6.45) is 51.1. The van der Waals surface area contributed by atoms with Gasteiger partial charge < -0.3 is 33.8 Å². The van der Waals surface area contributed by atoms with Crippen LogP contribution in [0.1, 0.15) is 375 Å². The van der Waals surface area contributed by atoms with Gasteiger partial charge in [-0.25, -0.2) is 9.13 Å². The van der Waals surface area contributed by atoms with Gasteiger partial charge in [0.25, 0.3) is 0 Å². The highest BCUT2D eigenvalue weighted by Gasteiger charge is 2.30. The van der Waals surface area contributed by atoms with Crippen LogP contribution in [-0.2, 0) is 65.4 Å². The first-order chi connectivity index (χ1) is 44.4. The molecular formula is C73H142O17P2. The van der Waals surface area contributed by atoms with E-state index in [1.165, 1.54) is 193 Å². The van der Waals surface area contributed by atoms with Crippen molar-refractivity contribution in [3.05, 3.63) is 0 Å². The molecule has 0 saturated carbocycles. The fourth-order valence-corrected chi connectivity index (χ4v) is 12.7. The average Bonchev–Trinajstić information content (AvgIpc) is 1.71. The molecule has 19 heteroatoms. The summed E-state index contributed by atoms with van der Waals surface area (Å²) in [5.74, 6) is -0.514. The highest BCUT2D eigenvalue weighted by Crippen LogP contribution is 2.45. The fourth-order valence-electron chi connectivity index (χ4n) is 11.1. The van der Waals surface area contributed by atoms with Gasteiger partial charge in [-0.3, -0.25) is 37.3 Å². The molecule has 546 valence electrons. The van der Waals surface area contributed by atoms with Crippen molar-refractivity contribution >= 4 is 39.5 Å². The number of ether oxygens (including phenoxy) is 4. The number of aliphatic hydroxyl groups is 1. The minimum atomic E-state index is -4.95. The molecule has 0 spiro atoms. The van der Waals surface area contributed by atoms with Crippen molar-refractivity contribution in [2.45, 2.75) is 394 Å². The van der Waals surface area contributed by atoms with Crippen molar-refractivity contribution in [3.63, 3.8) is 0 Å². The lowest BCUT2D eigenvalue weighted by Crippen LogP contribution is -2.30. The summed E-state index contributed by atoms with van der Waals surface area (Å²) in [5.41, 5.74) is 0. The molecule has 0 fully saturated rings. The van der Waals surface area contributed by atoms with Crippen LogP contribution < -0.4 is 0 Å². The van der Waals surface area contributed by atoms with E-state index in [4.69, 9.17) is 37.0 Å². The first-order valence-corrected chi connectivity index (χ1v) is 41.0. The van der Waals surface area contributed by atoms with Crippen LogP contribution in [0, 0.1) is 11.8 Å². The summed E-state index contributed by atoms with van der Waals surface area (Å²) >= 11 is 0. The molecule has 0 aliphatic rings. The van der Waals surface area contributed by atoms with Crippen molar-refractivity contribution < 1.29 is 80.2 Å². The van der Waals surface area contributed by atoms with Crippen LogP contribution >= 0.6 is 15.6 Å². The van der Waals surface area contributed by atoms with Gasteiger partial charge in [0.2, 0.25) is 0 Å². The molecule has 0 amide bonds. The maximum Gasteiger partial charge on any atom is 0.472 e. The number of hydrogen-bond acceptors (Lipinski definition) is 15. The second-order valence-electron chi connectivity index (χ2n) is 27.1. The molecule has 3 N–H and O–H groups in total. The number of carbonyl (C=O) groups is 4. The summed E-state index contributed by atoms with van der Waals surface area (Å²) in [5, 5.41) is 10.6. The molecule has 17 nitrogen and oxygen atoms in total. The summed E-state index contributed by atoms with van der Waals surface area (Å²) in [4.78, 5) is 72.7. The summed E-state index contributed by atoms with van der Waals surface area (Å²) in [6.45, 7) is 9.61. The van der Waals surface area contributed by atoms with Gasteiger partial charge in [-0.1, -0.05) is 324 Å². The quantitative estimate of drug-likeness (QED) is 0.0222. The standard InChI is InChI=1S/C73H142O17P2/c1-7-10-12-14-16-18-24-33-39-45-51-57-72(77)89-68(61-83-70(75)55-49-43-37-31-19-17-15-13-11-8-2)63-87-91(79,80)85-59-67(74)60-86-92(81,82)88-64-69(62-84-71(76)56-50-44-38-32-28-27-30-36-42-48-54-66(6)9-3)90-73(78)58-52-46-40-34-26-23-21-20-22-25-29-35-41-47-53-65(4)5/h65-69,74H,7-64H2,1-6H3,(H,79,80)(H,81,82)/t66?,67-,68+,69+/m0/s1. The van der Waals surface area contributed by atoms with E-state index < -0.39 is 97.5 Å². The lowest BCUT2D eigenvalue weighted by molar-refractivity contribution is -0.161. The third-order valence-electron chi connectivity index (χ3n) is 17.3. The molecule has 3 unspecified atom stereocenters. The Hall–Kier alpha value is -1.94. The van der Waals surface area contributed by atoms with E-state index in [9.17, 15) is 43.2 Å². The molecule has 0 aliphatic heterocycles. The smallest absolute Gasteiger partial charge is 0.462 e. The second kappa shape index (κ2) is 65.0. The average molecular weight is 1350 g/mol. The molecule has 92 heavy (non-hydrogen) atoms. The number of phosphoric ester groups is 2. The highest BCUT2D eigenvalue weighted by atomic mass is 31.2. The SMILES string of the molecule is CCCCCCCCCCCCCC(=O)O[C@H](COC(=O)CCCCCCCCCCCC)COP(=O)(O)OC[C@H](O)COP(=O)(O)OC[C@@H](COC(=O)CCCCCCCCCCCCC(C)CC)OC(=O)CCCCCCCCCCCCCCCCC(C)C. The van der Waals surface area contributed by atoms with Gasteiger partial charge in [-0.2, -0.15) is 0 Å². The maximum atomic E-state index is 13.1. The van der Waals surface area contributed by atoms with E-state index in [1.54, 1.807) is 0 Å². The van der Waals surface area contributed by atoms with E-state index >= 15 is 0 Å². The van der Waals surface area contributed by atoms with Crippen LogP contribution in [0.5, 0.6) is 0 Å². The topological polar surface area (TPSA) is 237 Å². The summed E-state index contributed by atoms with van der Waals surface area (Å²) in [6, 6.07) is 0. The number of rotatable bonds is 72. The second-order valence-corrected chi connectivity index (χ2v) is 30.0. The molecule has 0 rings (SSSR count). The van der Waals surface area contributed by atoms with Crippen LogP contribution in [0.2, 0.25) is 0 Å². The zero-order chi connectivity index (χ0) is 67.9. The molecule has 0 aliphatic carbocycles. The Labute approximate surface area is 562 Å². The number of carbonyl (C=O) groups excluding carboxylic acids is 4. The Morgan fingerprint density at radius 2 is 0.554 bits per heavy atom. The van der Waals surface area contributed by atoms with Gasteiger partial charge in [0, 0.05) is 25.7 Å². The Morgan fingerprint density at radius 1 is 0.315 bits per heavy atom. The van der Waals surface area contributed by atoms with Crippen LogP contribution in [-0.4, -0.2) is 96.7 Å². The molecular weight excluding hydrogens is 1210 g/mol. The zero-order valence-corrected chi connectivity index (χ0v) is 61.6. The van der Waals surface area contributed by atoms with E-state index in [0.717, 1.165) is 102 Å². The molecule has 0 heterocycles. The molecule has 0 bridgehead atoms. The van der Waals surface area contributed by atoms with Gasteiger partial charge in [0.1, 0.15) is 19.3 Å². The highest BCUT2D eigenvalue weighted by molar-refractivity contribution is 7.47. The fraction of sp³-hybridized carbons (Fsp3) is 0.945. The first kappa shape index (κ1) is 90.1. The Kier molecular flexibility index (Phi) is 63.7. The Bertz CT molecular complexity index is 1790. The largest absolute Gasteiger partial charge is 0.472 e. The normalized spacial score (nSPS) is 14.4. The lowest BCUT2D eigenvalue weighted by atomic mass is 9.99. The maximum absolute atomic E-state index is 13.1. The first-order valence-electron chi connectivity index (χ1n) is 38.0. The van der Waals surface area contributed by atoms with Crippen molar-refractivity contribution in [2.24, 2.45) is 11.8 Å². The number of unbranched alkanes of at least 4 members (excludes halogenated alkanes) is 41. The van der Waals surface area contributed by atoms with Crippen molar-refractivity contribution in [1.82, 2.24) is 0 Å². The monoisotopic (exact) mass is 1350 g/mol. The third kappa shape index (κ3) is 65.4. The minimum absolute atomic E-state index is 0.107. The van der Waals surface area contributed by atoms with Gasteiger partial charge in [0.15, 0.2) is 12.2 Å². The Balaban J connectivity index is 5.24. The van der Waals surface area contributed by atoms with Crippen LogP contribution in [0.15, 0.2) is 0 Å². The molecule has 0 aromatic carbocycles. The zero-order valence-electron chi connectivity index (χ0n) is 59.9. The molecule has 6 atom stereocenters. The molecule has 0 aromatic heterocycles. The lowest BCUT2D eigenvalue weighted by Gasteiger charge is -2.21. The van der Waals surface area contributed by atoms with Gasteiger partial charge in [0.05, 0.1) is 26.4 Å².